The monoisotopic (exact) mass is 386 g/mol. The third-order valence-electron chi connectivity index (χ3n) is 4.81. The predicted octanol–water partition coefficient (Wildman–Crippen LogP) is 3.48. The lowest BCUT2D eigenvalue weighted by Gasteiger charge is -2.26. The summed E-state index contributed by atoms with van der Waals surface area (Å²) < 4.78 is 24.9. The average Bonchev–Trinajstić information content (AvgIpc) is 3.20. The fourth-order valence-corrected chi connectivity index (χ4v) is 3.20. The molecule has 0 aliphatic carbocycles. The average molecular weight is 386 g/mol. The quantitative estimate of drug-likeness (QED) is 0.697. The van der Waals surface area contributed by atoms with E-state index in [2.05, 4.69) is 0 Å². The first-order valence-electron chi connectivity index (χ1n) is 9.56. The summed E-state index contributed by atoms with van der Waals surface area (Å²) in [5.41, 5.74) is 2.13. The van der Waals surface area contributed by atoms with Gasteiger partial charge in [0.05, 0.1) is 6.10 Å². The highest BCUT2D eigenvalue weighted by molar-refractivity contribution is 5.77. The van der Waals surface area contributed by atoms with Crippen molar-refractivity contribution in [2.45, 2.75) is 25.5 Å². The Bertz CT molecular complexity index is 774. The van der Waals surface area contributed by atoms with Crippen molar-refractivity contribution in [3.63, 3.8) is 0 Å². The molecule has 1 aliphatic rings. The molecule has 0 spiro atoms. The van der Waals surface area contributed by atoms with Gasteiger partial charge in [0.15, 0.2) is 18.2 Å². The molecule has 0 N–H and O–H groups in total. The van der Waals surface area contributed by atoms with E-state index >= 15 is 0 Å². The zero-order chi connectivity index (χ0) is 19.9. The number of benzene rings is 2. The highest BCUT2D eigenvalue weighted by Gasteiger charge is 2.23. The van der Waals surface area contributed by atoms with Crippen LogP contribution in [0, 0.1) is 5.82 Å². The Hall–Kier alpha value is -2.60. The molecule has 1 aliphatic heterocycles. The van der Waals surface area contributed by atoms with E-state index in [9.17, 15) is 9.18 Å². The van der Waals surface area contributed by atoms with Gasteiger partial charge in [-0.2, -0.15) is 0 Å². The maximum absolute atomic E-state index is 13.7. The van der Waals surface area contributed by atoms with E-state index in [4.69, 9.17) is 9.47 Å². The van der Waals surface area contributed by atoms with Crippen molar-refractivity contribution >= 4 is 11.6 Å². The normalized spacial score (nSPS) is 16.0. The van der Waals surface area contributed by atoms with Crippen molar-refractivity contribution in [2.24, 2.45) is 0 Å². The Morgan fingerprint density at radius 2 is 1.93 bits per heavy atom. The van der Waals surface area contributed by atoms with Crippen LogP contribution in [0.15, 0.2) is 48.5 Å². The second-order valence-corrected chi connectivity index (χ2v) is 7.19. The maximum Gasteiger partial charge on any atom is 0.260 e. The van der Waals surface area contributed by atoms with Gasteiger partial charge in [-0.05, 0) is 42.7 Å². The summed E-state index contributed by atoms with van der Waals surface area (Å²) in [5, 5.41) is 0. The summed E-state index contributed by atoms with van der Waals surface area (Å²) in [4.78, 5) is 16.6. The lowest BCUT2D eigenvalue weighted by atomic mass is 10.1. The van der Waals surface area contributed by atoms with E-state index in [1.54, 1.807) is 17.0 Å². The summed E-state index contributed by atoms with van der Waals surface area (Å²) in [6.07, 6.45) is 1.99. The molecule has 1 fully saturated rings. The number of hydrogen-bond acceptors (Lipinski definition) is 4. The van der Waals surface area contributed by atoms with Crippen LogP contribution in [0.25, 0.3) is 0 Å². The van der Waals surface area contributed by atoms with Crippen LogP contribution in [0.4, 0.5) is 10.1 Å². The second kappa shape index (κ2) is 9.55. The van der Waals surface area contributed by atoms with Gasteiger partial charge >= 0.3 is 0 Å². The van der Waals surface area contributed by atoms with Crippen molar-refractivity contribution in [1.82, 2.24) is 4.90 Å². The van der Waals surface area contributed by atoms with Gasteiger partial charge in [-0.1, -0.05) is 24.3 Å². The first-order chi connectivity index (χ1) is 13.5. The van der Waals surface area contributed by atoms with Crippen molar-refractivity contribution in [3.05, 3.63) is 59.9 Å². The topological polar surface area (TPSA) is 42.0 Å². The van der Waals surface area contributed by atoms with Crippen LogP contribution in [0.2, 0.25) is 0 Å². The van der Waals surface area contributed by atoms with E-state index in [-0.39, 0.29) is 24.4 Å². The summed E-state index contributed by atoms with van der Waals surface area (Å²) in [5.74, 6) is -0.570. The fraction of sp³-hybridized carbons (Fsp3) is 0.409. The molecule has 5 nitrogen and oxygen atoms in total. The van der Waals surface area contributed by atoms with Crippen LogP contribution >= 0.6 is 0 Å². The van der Waals surface area contributed by atoms with Crippen LogP contribution in [0.1, 0.15) is 18.4 Å². The molecular weight excluding hydrogens is 359 g/mol. The number of rotatable bonds is 8. The zero-order valence-electron chi connectivity index (χ0n) is 16.4. The van der Waals surface area contributed by atoms with Crippen molar-refractivity contribution in [2.75, 3.05) is 38.8 Å². The number of carbonyl (C=O) groups excluding carboxylic acids is 1. The van der Waals surface area contributed by atoms with Crippen LogP contribution < -0.4 is 9.64 Å². The number of para-hydroxylation sites is 1. The largest absolute Gasteiger partial charge is 0.481 e. The minimum absolute atomic E-state index is 0.0402. The third kappa shape index (κ3) is 5.45. The Labute approximate surface area is 165 Å². The molecule has 1 heterocycles. The second-order valence-electron chi connectivity index (χ2n) is 7.19. The van der Waals surface area contributed by atoms with Crippen molar-refractivity contribution < 1.29 is 18.7 Å². The predicted molar refractivity (Wildman–Crippen MR) is 107 cm³/mol. The van der Waals surface area contributed by atoms with Gasteiger partial charge in [0, 0.05) is 39.5 Å². The van der Waals surface area contributed by atoms with Crippen LogP contribution in [0.3, 0.4) is 0 Å². The summed E-state index contributed by atoms with van der Waals surface area (Å²) in [6, 6.07) is 14.2. The summed E-state index contributed by atoms with van der Waals surface area (Å²) in [6.45, 7) is 1.50. The fourth-order valence-electron chi connectivity index (χ4n) is 3.20. The molecule has 150 valence electrons. The molecule has 0 aromatic heterocycles. The van der Waals surface area contributed by atoms with E-state index in [1.807, 2.05) is 43.3 Å². The molecule has 2 aromatic carbocycles. The maximum atomic E-state index is 13.7. The lowest BCUT2D eigenvalue weighted by molar-refractivity contribution is -0.135. The van der Waals surface area contributed by atoms with Gasteiger partial charge in [-0.3, -0.25) is 4.79 Å². The molecule has 0 radical (unpaired) electrons. The highest BCUT2D eigenvalue weighted by atomic mass is 19.1. The van der Waals surface area contributed by atoms with E-state index in [0.29, 0.717) is 13.1 Å². The Morgan fingerprint density at radius 3 is 2.57 bits per heavy atom. The molecule has 28 heavy (non-hydrogen) atoms. The molecule has 0 saturated carbocycles. The number of halogens is 1. The number of nitrogens with zero attached hydrogens (tertiary/aromatic N) is 2. The highest BCUT2D eigenvalue weighted by Crippen LogP contribution is 2.19. The van der Waals surface area contributed by atoms with E-state index in [0.717, 1.165) is 30.7 Å². The summed E-state index contributed by atoms with van der Waals surface area (Å²) >= 11 is 0. The number of anilines is 1. The number of hydrogen-bond donors (Lipinski definition) is 0. The molecule has 1 unspecified atom stereocenters. The van der Waals surface area contributed by atoms with Gasteiger partial charge < -0.3 is 19.3 Å². The summed E-state index contributed by atoms with van der Waals surface area (Å²) in [7, 11) is 3.98. The van der Waals surface area contributed by atoms with Crippen molar-refractivity contribution in [1.29, 1.82) is 0 Å². The molecule has 2 aromatic rings. The minimum Gasteiger partial charge on any atom is -0.481 e. The number of amides is 1. The molecule has 3 rings (SSSR count). The van der Waals surface area contributed by atoms with Crippen LogP contribution in [-0.4, -0.2) is 50.8 Å². The number of carbonyl (C=O) groups is 1. The molecule has 1 amide bonds. The van der Waals surface area contributed by atoms with Gasteiger partial charge in [0.2, 0.25) is 0 Å². The minimum atomic E-state index is -0.472. The first-order valence-corrected chi connectivity index (χ1v) is 9.56. The third-order valence-corrected chi connectivity index (χ3v) is 4.81. The number of ether oxygens (including phenoxy) is 2. The smallest absolute Gasteiger partial charge is 0.260 e. The molecule has 1 atom stereocenters. The molecule has 1 saturated heterocycles. The van der Waals surface area contributed by atoms with Crippen LogP contribution in [0.5, 0.6) is 5.75 Å². The van der Waals surface area contributed by atoms with Crippen molar-refractivity contribution in [3.8, 4) is 5.75 Å². The van der Waals surface area contributed by atoms with Gasteiger partial charge in [0.25, 0.3) is 5.91 Å². The molecule has 0 bridgehead atoms. The Morgan fingerprint density at radius 1 is 1.18 bits per heavy atom. The van der Waals surface area contributed by atoms with Gasteiger partial charge in [0.1, 0.15) is 0 Å². The SMILES string of the molecule is CN(C)c1ccc(CN(CC2CCCO2)C(=O)COc2ccccc2F)cc1. The standard InChI is InChI=1S/C22H27FN2O3/c1-24(2)18-11-9-17(10-12-18)14-25(15-19-6-5-13-27-19)22(26)16-28-21-8-4-3-7-20(21)23/h3-4,7-12,19H,5-6,13-16H2,1-2H3. The van der Waals surface area contributed by atoms with Gasteiger partial charge in [-0.15, -0.1) is 0 Å². The van der Waals surface area contributed by atoms with E-state index < -0.39 is 5.82 Å². The Kier molecular flexibility index (Phi) is 6.87. The molecule has 6 heteroatoms. The van der Waals surface area contributed by atoms with Gasteiger partial charge in [-0.25, -0.2) is 4.39 Å². The first kappa shape index (κ1) is 20.1. The zero-order valence-corrected chi connectivity index (χ0v) is 16.4. The molecular formula is C22H27FN2O3. The van der Waals surface area contributed by atoms with E-state index in [1.165, 1.54) is 12.1 Å². The lowest BCUT2D eigenvalue weighted by Crippen LogP contribution is -2.39. The van der Waals surface area contributed by atoms with Crippen LogP contribution in [-0.2, 0) is 16.1 Å². The Balaban J connectivity index is 1.66.